The number of rotatable bonds is 10. The normalized spacial score (nSPS) is 14.7. The summed E-state index contributed by atoms with van der Waals surface area (Å²) in [7, 11) is 0. The van der Waals surface area contributed by atoms with Gasteiger partial charge in [-0.3, -0.25) is 0 Å². The first-order chi connectivity index (χ1) is 43.8. The second kappa shape index (κ2) is 29.9. The Labute approximate surface area is 524 Å². The number of ether oxygens (including phenoxy) is 4. The number of hydrogen-bond acceptors (Lipinski definition) is 5. The molecule has 1 fully saturated rings. The van der Waals surface area contributed by atoms with Gasteiger partial charge in [0.25, 0.3) is 12.6 Å². The van der Waals surface area contributed by atoms with Crippen LogP contribution in [0.2, 0.25) is 0 Å². The van der Waals surface area contributed by atoms with Crippen molar-refractivity contribution in [3.05, 3.63) is 175 Å². The van der Waals surface area contributed by atoms with E-state index in [4.69, 9.17) is 18.9 Å². The van der Waals surface area contributed by atoms with E-state index in [9.17, 15) is 57.8 Å². The summed E-state index contributed by atoms with van der Waals surface area (Å²) in [5.74, 6) is -122. The van der Waals surface area contributed by atoms with E-state index >= 15 is 105 Å². The third-order valence-electron chi connectivity index (χ3n) is 14.5. The van der Waals surface area contributed by atoms with Crippen LogP contribution < -0.4 is 47.9 Å². The summed E-state index contributed by atoms with van der Waals surface area (Å²) in [5, 5.41) is 9.21. The van der Waals surface area contributed by atoms with E-state index in [1.165, 1.54) is 0 Å². The number of quaternary nitrogens is 2. The topological polar surface area (TPSA) is 81.0 Å². The van der Waals surface area contributed by atoms with Crippen molar-refractivity contribution in [2.75, 3.05) is 72.5 Å². The summed E-state index contributed by atoms with van der Waals surface area (Å²) >= 11 is 0. The number of hydrogen-bond donors (Lipinski definition) is 2. The molecule has 0 aromatic heterocycles. The van der Waals surface area contributed by atoms with Gasteiger partial charge in [0.05, 0.1) is 59.4 Å². The van der Waals surface area contributed by atoms with Crippen LogP contribution in [0.25, 0.3) is 0 Å². The van der Waals surface area contributed by atoms with Crippen LogP contribution in [0, 0.1) is 175 Å². The van der Waals surface area contributed by atoms with E-state index in [-0.39, 0.29) is 80.7 Å². The molecule has 0 spiro atoms. The number of nitrogens with one attached hydrogen (secondary N) is 1. The molecule has 0 saturated carbocycles. The fraction of sp³-hybridized carbons (Fsp3) is 0.280. The van der Waals surface area contributed by atoms with Crippen LogP contribution in [0.5, 0.6) is 0 Å². The molecule has 1 saturated heterocycles. The van der Waals surface area contributed by atoms with E-state index in [1.807, 2.05) is 0 Å². The average Bonchev–Trinajstić information content (AvgIpc) is 0.677. The predicted octanol–water partition coefficient (Wildman–Crippen LogP) is 5.85. The van der Waals surface area contributed by atoms with Gasteiger partial charge in [-0.05, 0) is 0 Å². The van der Waals surface area contributed by atoms with Gasteiger partial charge in [0, 0.05) is 0 Å². The summed E-state index contributed by atoms with van der Waals surface area (Å²) in [6, 6.07) is 0. The first-order valence-corrected chi connectivity index (χ1v) is 25.1. The third-order valence-corrected chi connectivity index (χ3v) is 14.5. The van der Waals surface area contributed by atoms with Gasteiger partial charge < -0.3 is 34.1 Å². The first kappa shape index (κ1) is 80.1. The molecular formula is C50H25B2F36MgN2O5+. The van der Waals surface area contributed by atoms with E-state index in [1.54, 1.807) is 0 Å². The molecule has 0 amide bonds. The van der Waals surface area contributed by atoms with E-state index in [0.717, 1.165) is 0 Å². The molecule has 1 aliphatic rings. The molecule has 1 heterocycles. The van der Waals surface area contributed by atoms with Gasteiger partial charge in [-0.2, -0.15) is 26.3 Å². The van der Waals surface area contributed by atoms with Crippen LogP contribution in [0.4, 0.5) is 158 Å². The van der Waals surface area contributed by atoms with Crippen LogP contribution in [-0.4, -0.2) is 126 Å². The number of nitrogens with two attached hydrogens (primary N) is 1. The molecule has 7 rings (SSSR count). The fourth-order valence-corrected chi connectivity index (χ4v) is 10.2. The van der Waals surface area contributed by atoms with Crippen molar-refractivity contribution in [3.63, 3.8) is 0 Å². The maximum Gasteiger partial charge on any atom is 2.00 e. The minimum Gasteiger partial charge on any atom is -0.832 e. The van der Waals surface area contributed by atoms with Crippen LogP contribution in [0.3, 0.4) is 0 Å². The zero-order valence-electron chi connectivity index (χ0n) is 45.9. The molecule has 0 radical (unpaired) electrons. The molecule has 46 heteroatoms. The Morgan fingerprint density at radius 2 is 0.396 bits per heavy atom. The van der Waals surface area contributed by atoms with Gasteiger partial charge in [0.15, 0.2) is 105 Å². The quantitative estimate of drug-likeness (QED) is 0.0780. The van der Waals surface area contributed by atoms with Crippen molar-refractivity contribution in [1.29, 1.82) is 0 Å². The Balaban J connectivity index is 0.000000519. The molecule has 0 bridgehead atoms. The molecule has 0 aliphatic carbocycles. The van der Waals surface area contributed by atoms with Gasteiger partial charge >= 0.3 is 35.4 Å². The van der Waals surface area contributed by atoms with Crippen molar-refractivity contribution < 1.29 is 192 Å². The monoisotopic (exact) mass is 1460 g/mol. The molecule has 7 nitrogen and oxygen atoms in total. The zero-order chi connectivity index (χ0) is 72.2. The van der Waals surface area contributed by atoms with Crippen LogP contribution in [0.1, 0.15) is 0 Å². The number of benzene rings is 6. The van der Waals surface area contributed by atoms with E-state index < -0.39 is 249 Å². The number of halogens is 36. The zero-order valence-corrected chi connectivity index (χ0v) is 47.3. The van der Waals surface area contributed by atoms with Gasteiger partial charge in [-0.25, -0.2) is 132 Å². The van der Waals surface area contributed by atoms with Crippen molar-refractivity contribution >= 4 is 68.4 Å². The third kappa shape index (κ3) is 13.6. The van der Waals surface area contributed by atoms with Gasteiger partial charge in [-0.15, -0.1) is 0 Å². The van der Waals surface area contributed by atoms with Gasteiger partial charge in [-0.1, -0.05) is 32.8 Å². The van der Waals surface area contributed by atoms with E-state index in [2.05, 4.69) is 0 Å². The molecular weight excluding hydrogens is 1440 g/mol. The molecule has 0 unspecified atom stereocenters. The Morgan fingerprint density at radius 1 is 0.260 bits per heavy atom. The van der Waals surface area contributed by atoms with Gasteiger partial charge in [0.1, 0.15) is 88.5 Å². The van der Waals surface area contributed by atoms with Crippen LogP contribution >= 0.6 is 0 Å². The van der Waals surface area contributed by atoms with Crippen molar-refractivity contribution in [2.24, 2.45) is 0 Å². The maximum absolute atomic E-state index is 16.5. The minimum absolute atomic E-state index is 0. The Morgan fingerprint density at radius 3 is 0.542 bits per heavy atom. The molecule has 3 N–H and O–H groups in total. The summed E-state index contributed by atoms with van der Waals surface area (Å²) in [5.41, 5.74) is -30.2. The Bertz CT molecular complexity index is 3240. The maximum atomic E-state index is 16.5. The Kier molecular flexibility index (Phi) is 24.9. The number of alkyl halides is 6. The molecule has 0 atom stereocenters. The second-order valence-corrected chi connectivity index (χ2v) is 19.7. The molecule has 6 aromatic carbocycles. The SMILES string of the molecule is Fc1c(F)c(F)c([B-]([NH2+][B-](c2c(F)c(F)c(F)c(F)c2F)(c2c(F)c(F)c(F)c(F)c2F)c2c(F)c(F)c(F)c(F)c2F)(c2c(F)c(F)c(F)c(F)c2F)c2c(F)c(F)c(F)c(F)c2F)c(F)c1F.[Mg+2].[O-]C(C[NH+]1CCOCCOCCOCCOCC1)(C(F)(F)F)C(F)(F)F. The first-order valence-electron chi connectivity index (χ1n) is 25.1. The summed E-state index contributed by atoms with van der Waals surface area (Å²) in [4.78, 5) is -0.202. The largest absolute Gasteiger partial charge is 2.00 e. The van der Waals surface area contributed by atoms with Crippen molar-refractivity contribution in [3.8, 4) is 0 Å². The van der Waals surface area contributed by atoms with E-state index in [0.29, 0.717) is 13.2 Å². The smallest absolute Gasteiger partial charge is 0.832 e. The average molecular weight is 1460 g/mol. The van der Waals surface area contributed by atoms with Gasteiger partial charge in [0.2, 0.25) is 0 Å². The molecule has 96 heavy (non-hydrogen) atoms. The molecule has 524 valence electrons. The van der Waals surface area contributed by atoms with Crippen LogP contribution in [-0.2, 0) is 18.9 Å². The van der Waals surface area contributed by atoms with Crippen molar-refractivity contribution in [1.82, 2.24) is 0 Å². The molecule has 1 aliphatic heterocycles. The second-order valence-electron chi connectivity index (χ2n) is 19.7. The standard InChI is InChI=1S/C36H2B2F30N.C14H22F6NO5.Mg/c39-7-1(8(40)20(52)31(63)19(7)51)37(2-9(41)21(53)32(64)22(54)10(2)42,3-11(43)23(55)33(65)24(56)12(3)44)69-38(4-13(45)25(57)34(66)26(58)14(4)46,5-15(47)27(59)35(67)28(60)16(5)48)6-17(49)29(61)36(68)30(62)18(6)50;15-13(16,17)12(22,14(18,19)20)11-21-1-3-23-5-7-25-9-10-26-8-6-24-4-2-21;/h69H2;1-11H2;/q2*-1;+2/p+1. The summed E-state index contributed by atoms with van der Waals surface area (Å²) in [6.45, 7) is -0.964. The molecule has 6 aromatic rings. The Hall–Kier alpha value is -6.58. The minimum atomic E-state index is -8.20. The van der Waals surface area contributed by atoms with Crippen LogP contribution in [0.15, 0.2) is 0 Å². The summed E-state index contributed by atoms with van der Waals surface area (Å²) < 4.78 is 567. The fourth-order valence-electron chi connectivity index (χ4n) is 10.2. The predicted molar refractivity (Wildman–Crippen MR) is 248 cm³/mol. The van der Waals surface area contributed by atoms with Crippen molar-refractivity contribution in [2.45, 2.75) is 18.0 Å². The summed E-state index contributed by atoms with van der Waals surface area (Å²) in [6.07, 6.45) is -28.3.